The Morgan fingerprint density at radius 3 is 2.21 bits per heavy atom. The van der Waals surface area contributed by atoms with Gasteiger partial charge in [-0.1, -0.05) is 19.9 Å². The van der Waals surface area contributed by atoms with E-state index in [9.17, 15) is 5.11 Å². The van der Waals surface area contributed by atoms with E-state index < -0.39 is 8.32 Å². The Hall–Kier alpha value is -0.283. The molecule has 0 amide bonds. The maximum atomic E-state index is 9.72. The molecule has 84 valence electrons. The molecule has 0 aromatic carbocycles. The van der Waals surface area contributed by atoms with Gasteiger partial charge in [0.2, 0.25) is 8.32 Å². The van der Waals surface area contributed by atoms with Crippen molar-refractivity contribution in [3.63, 3.8) is 0 Å². The molecule has 0 heterocycles. The Bertz CT molecular complexity index is 194. The minimum absolute atomic E-state index is 0.108. The molecule has 0 aromatic rings. The number of rotatable bonds is 5. The second-order valence-electron chi connectivity index (χ2n) is 4.67. The van der Waals surface area contributed by atoms with Crippen LogP contribution in [0.3, 0.4) is 0 Å². The third kappa shape index (κ3) is 4.82. The maximum Gasteiger partial charge on any atom is 0.241 e. The van der Waals surface area contributed by atoms with Crippen molar-refractivity contribution < 1.29 is 9.53 Å². The fourth-order valence-corrected chi connectivity index (χ4v) is 2.32. The Balaban J connectivity index is 4.44. The largest absolute Gasteiger partial charge is 0.547 e. The normalized spacial score (nSPS) is 17.8. The summed E-state index contributed by atoms with van der Waals surface area (Å²) in [6, 6.07) is 0. The number of allylic oxidation sites excluding steroid dienone is 1. The van der Waals surface area contributed by atoms with Crippen molar-refractivity contribution in [2.45, 2.75) is 52.9 Å². The fraction of sp³-hybridized carbons (Fsp3) is 0.818. The molecule has 0 saturated heterocycles. The minimum Gasteiger partial charge on any atom is -0.547 e. The zero-order valence-corrected chi connectivity index (χ0v) is 11.3. The summed E-state index contributed by atoms with van der Waals surface area (Å²) in [6.45, 7) is 12.4. The molecule has 0 aliphatic rings. The number of aliphatic hydroxyl groups is 1. The van der Waals surface area contributed by atoms with Gasteiger partial charge in [0.25, 0.3) is 0 Å². The van der Waals surface area contributed by atoms with Crippen LogP contribution in [0.5, 0.6) is 0 Å². The lowest BCUT2D eigenvalue weighted by molar-refractivity contribution is 0.109. The summed E-state index contributed by atoms with van der Waals surface area (Å²) in [7, 11) is -1.54. The SMILES string of the molecule is C/C=C(/O[Si](C)(C)C)[C@H](C)[C@H](O)CC. The van der Waals surface area contributed by atoms with Crippen molar-refractivity contribution in [1.29, 1.82) is 0 Å². The second kappa shape index (κ2) is 5.56. The lowest BCUT2D eigenvalue weighted by Crippen LogP contribution is -2.30. The number of hydrogen-bond acceptors (Lipinski definition) is 2. The smallest absolute Gasteiger partial charge is 0.241 e. The van der Waals surface area contributed by atoms with Gasteiger partial charge in [-0.3, -0.25) is 0 Å². The summed E-state index contributed by atoms with van der Waals surface area (Å²) in [4.78, 5) is 0. The van der Waals surface area contributed by atoms with Crippen LogP contribution in [0.25, 0.3) is 0 Å². The van der Waals surface area contributed by atoms with E-state index in [-0.39, 0.29) is 12.0 Å². The van der Waals surface area contributed by atoms with Crippen LogP contribution in [-0.2, 0) is 4.43 Å². The van der Waals surface area contributed by atoms with Gasteiger partial charge in [0.05, 0.1) is 11.9 Å². The minimum atomic E-state index is -1.54. The van der Waals surface area contributed by atoms with Crippen molar-refractivity contribution in [2.75, 3.05) is 0 Å². The molecule has 0 fully saturated rings. The average Bonchev–Trinajstić information content (AvgIpc) is 2.10. The fourth-order valence-electron chi connectivity index (χ4n) is 1.31. The van der Waals surface area contributed by atoms with Gasteiger partial charge in [-0.05, 0) is 33.0 Å². The van der Waals surface area contributed by atoms with E-state index in [2.05, 4.69) is 19.6 Å². The van der Waals surface area contributed by atoms with E-state index in [0.29, 0.717) is 0 Å². The number of hydrogen-bond donors (Lipinski definition) is 1. The zero-order chi connectivity index (χ0) is 11.4. The van der Waals surface area contributed by atoms with Gasteiger partial charge in [-0.2, -0.15) is 0 Å². The van der Waals surface area contributed by atoms with Crippen LogP contribution in [0.4, 0.5) is 0 Å². The third-order valence-corrected chi connectivity index (χ3v) is 3.00. The highest BCUT2D eigenvalue weighted by Crippen LogP contribution is 2.22. The van der Waals surface area contributed by atoms with Crippen LogP contribution in [0, 0.1) is 5.92 Å². The molecule has 0 aromatic heterocycles. The monoisotopic (exact) mass is 216 g/mol. The summed E-state index contributed by atoms with van der Waals surface area (Å²) >= 11 is 0. The van der Waals surface area contributed by atoms with Crippen molar-refractivity contribution >= 4 is 8.32 Å². The maximum absolute atomic E-state index is 9.72. The molecule has 0 radical (unpaired) electrons. The summed E-state index contributed by atoms with van der Waals surface area (Å²) in [5.41, 5.74) is 0. The van der Waals surface area contributed by atoms with E-state index in [4.69, 9.17) is 4.43 Å². The molecular formula is C11H24O2Si. The van der Waals surface area contributed by atoms with Gasteiger partial charge in [0.1, 0.15) is 0 Å². The molecular weight excluding hydrogens is 192 g/mol. The molecule has 0 unspecified atom stereocenters. The van der Waals surface area contributed by atoms with Gasteiger partial charge in [-0.15, -0.1) is 0 Å². The van der Waals surface area contributed by atoms with Gasteiger partial charge >= 0.3 is 0 Å². The third-order valence-electron chi connectivity index (χ3n) is 2.15. The average molecular weight is 216 g/mol. The molecule has 14 heavy (non-hydrogen) atoms. The van der Waals surface area contributed by atoms with E-state index in [1.807, 2.05) is 26.8 Å². The van der Waals surface area contributed by atoms with E-state index in [1.54, 1.807) is 0 Å². The lowest BCUT2D eigenvalue weighted by Gasteiger charge is -2.27. The molecule has 0 aliphatic carbocycles. The van der Waals surface area contributed by atoms with Gasteiger partial charge in [-0.25, -0.2) is 0 Å². The summed E-state index contributed by atoms with van der Waals surface area (Å²) in [6.07, 6.45) is 2.45. The second-order valence-corrected chi connectivity index (χ2v) is 9.10. The quantitative estimate of drug-likeness (QED) is 0.565. The van der Waals surface area contributed by atoms with Crippen molar-refractivity contribution in [3.8, 4) is 0 Å². The molecule has 2 atom stereocenters. The Morgan fingerprint density at radius 1 is 1.43 bits per heavy atom. The highest BCUT2D eigenvalue weighted by Gasteiger charge is 2.23. The summed E-state index contributed by atoms with van der Waals surface area (Å²) < 4.78 is 5.91. The zero-order valence-electron chi connectivity index (χ0n) is 10.3. The first-order chi connectivity index (χ1) is 6.31. The topological polar surface area (TPSA) is 29.5 Å². The summed E-state index contributed by atoms with van der Waals surface area (Å²) in [5.74, 6) is 1.05. The highest BCUT2D eigenvalue weighted by atomic mass is 28.4. The highest BCUT2D eigenvalue weighted by molar-refractivity contribution is 6.70. The van der Waals surface area contributed by atoms with Gasteiger partial charge < -0.3 is 9.53 Å². The van der Waals surface area contributed by atoms with Crippen LogP contribution in [-0.4, -0.2) is 19.5 Å². The standard InChI is InChI=1S/C11H24O2Si/c1-7-10(12)9(3)11(8-2)13-14(4,5)6/h8-10,12H,7H2,1-6H3/b11-8+/t9-,10-/m1/s1. The van der Waals surface area contributed by atoms with Crippen LogP contribution in [0.2, 0.25) is 19.6 Å². The molecule has 0 saturated carbocycles. The van der Waals surface area contributed by atoms with Crippen LogP contribution < -0.4 is 0 Å². The molecule has 2 nitrogen and oxygen atoms in total. The van der Waals surface area contributed by atoms with Gasteiger partial charge in [0.15, 0.2) is 0 Å². The molecule has 0 aliphatic heterocycles. The molecule has 0 spiro atoms. The van der Waals surface area contributed by atoms with Crippen molar-refractivity contribution in [2.24, 2.45) is 5.92 Å². The number of aliphatic hydroxyl groups excluding tert-OH is 1. The molecule has 3 heteroatoms. The predicted molar refractivity (Wildman–Crippen MR) is 63.6 cm³/mol. The van der Waals surface area contributed by atoms with E-state index >= 15 is 0 Å². The van der Waals surface area contributed by atoms with Crippen molar-refractivity contribution in [1.82, 2.24) is 0 Å². The van der Waals surface area contributed by atoms with E-state index in [0.717, 1.165) is 12.2 Å². The van der Waals surface area contributed by atoms with Crippen LogP contribution in [0.1, 0.15) is 27.2 Å². The molecule has 0 bridgehead atoms. The van der Waals surface area contributed by atoms with Gasteiger partial charge in [0, 0.05) is 5.92 Å². The molecule has 1 N–H and O–H groups in total. The Morgan fingerprint density at radius 2 is 1.93 bits per heavy atom. The first kappa shape index (κ1) is 13.7. The van der Waals surface area contributed by atoms with Crippen molar-refractivity contribution in [3.05, 3.63) is 11.8 Å². The first-order valence-electron chi connectivity index (χ1n) is 5.35. The predicted octanol–water partition coefficient (Wildman–Crippen LogP) is 3.15. The van der Waals surface area contributed by atoms with Crippen LogP contribution >= 0.6 is 0 Å². The Labute approximate surface area is 89.1 Å². The van der Waals surface area contributed by atoms with E-state index in [1.165, 1.54) is 0 Å². The van der Waals surface area contributed by atoms with Crippen LogP contribution in [0.15, 0.2) is 11.8 Å². The Kier molecular flexibility index (Phi) is 5.45. The summed E-state index contributed by atoms with van der Waals surface area (Å²) in [5, 5.41) is 9.72. The first-order valence-corrected chi connectivity index (χ1v) is 8.76. The lowest BCUT2D eigenvalue weighted by atomic mass is 10.0. The molecule has 0 rings (SSSR count).